The fraction of sp³-hybridized carbons (Fsp3) is 1.00. The zero-order chi connectivity index (χ0) is 12.4. The summed E-state index contributed by atoms with van der Waals surface area (Å²) in [5.74, 6) is 0. The van der Waals surface area contributed by atoms with E-state index in [2.05, 4.69) is 6.92 Å². The Morgan fingerprint density at radius 3 is 2.00 bits per heavy atom. The summed E-state index contributed by atoms with van der Waals surface area (Å²) in [4.78, 5) is 0. The smallest absolute Gasteiger partial charge is 0.290 e. The molecule has 0 aromatic heterocycles. The number of halogens is 1. The predicted molar refractivity (Wildman–Crippen MR) is 79.0 cm³/mol. The van der Waals surface area contributed by atoms with E-state index >= 15 is 0 Å². The summed E-state index contributed by atoms with van der Waals surface area (Å²) >= 11 is 6.48. The van der Waals surface area contributed by atoms with Gasteiger partial charge in [-0.1, -0.05) is 64.7 Å². The van der Waals surface area contributed by atoms with E-state index < -0.39 is 7.63 Å². The molecule has 1 nitrogen and oxygen atoms in total. The Morgan fingerprint density at radius 2 is 1.41 bits per heavy atom. The van der Waals surface area contributed by atoms with Crippen molar-refractivity contribution in [2.75, 3.05) is 6.61 Å². The number of hydrogen-bond donors (Lipinski definition) is 0. The highest BCUT2D eigenvalue weighted by Crippen LogP contribution is 2.34. The lowest BCUT2D eigenvalue weighted by atomic mass is 10.1. The van der Waals surface area contributed by atoms with Crippen LogP contribution >= 0.6 is 11.1 Å². The van der Waals surface area contributed by atoms with Crippen molar-refractivity contribution >= 4 is 18.7 Å². The number of unbranched alkanes of at least 4 members (excludes halogenated alkanes) is 7. The standard InChI is InChI=1S/C14H29ClOSi/c1-2-3-4-5-6-7-8-9-12-16-17(15)13-10-11-14-17/h2-14H2,1H3. The number of hydrogen-bond acceptors (Lipinski definition) is 1. The van der Waals surface area contributed by atoms with Crippen LogP contribution in [-0.2, 0) is 4.43 Å². The van der Waals surface area contributed by atoms with Crippen molar-refractivity contribution in [2.45, 2.75) is 83.2 Å². The van der Waals surface area contributed by atoms with Crippen molar-refractivity contribution in [3.63, 3.8) is 0 Å². The van der Waals surface area contributed by atoms with Gasteiger partial charge < -0.3 is 4.43 Å². The van der Waals surface area contributed by atoms with Crippen LogP contribution in [0.25, 0.3) is 0 Å². The molecule has 0 saturated carbocycles. The Hall–Kier alpha value is 0.467. The summed E-state index contributed by atoms with van der Waals surface area (Å²) in [5.41, 5.74) is 0. The van der Waals surface area contributed by atoms with Gasteiger partial charge >= 0.3 is 0 Å². The first kappa shape index (κ1) is 15.5. The molecule has 0 aliphatic carbocycles. The van der Waals surface area contributed by atoms with Gasteiger partial charge in [0, 0.05) is 6.61 Å². The lowest BCUT2D eigenvalue weighted by Crippen LogP contribution is -2.27. The van der Waals surface area contributed by atoms with Crippen LogP contribution in [0.3, 0.4) is 0 Å². The molecule has 0 bridgehead atoms. The molecule has 0 aromatic carbocycles. The van der Waals surface area contributed by atoms with Crippen LogP contribution in [0.4, 0.5) is 0 Å². The first-order chi connectivity index (χ1) is 8.27. The summed E-state index contributed by atoms with van der Waals surface area (Å²) < 4.78 is 5.94. The van der Waals surface area contributed by atoms with E-state index in [1.54, 1.807) is 0 Å². The van der Waals surface area contributed by atoms with Gasteiger partial charge in [-0.25, -0.2) is 0 Å². The third kappa shape index (κ3) is 7.48. The van der Waals surface area contributed by atoms with E-state index in [1.807, 2.05) is 0 Å². The average molecular weight is 277 g/mol. The van der Waals surface area contributed by atoms with Crippen LogP contribution in [-0.4, -0.2) is 14.2 Å². The molecular formula is C14H29ClOSi. The van der Waals surface area contributed by atoms with Gasteiger partial charge in [0.1, 0.15) is 0 Å². The van der Waals surface area contributed by atoms with Gasteiger partial charge in [-0.15, -0.1) is 11.1 Å². The molecule has 0 aromatic rings. The lowest BCUT2D eigenvalue weighted by molar-refractivity contribution is 0.302. The molecule has 1 rings (SSSR count). The fourth-order valence-corrected chi connectivity index (χ4v) is 6.18. The summed E-state index contributed by atoms with van der Waals surface area (Å²) in [6.45, 7) is 3.19. The van der Waals surface area contributed by atoms with Gasteiger partial charge in [-0.05, 0) is 18.5 Å². The van der Waals surface area contributed by atoms with Crippen LogP contribution in [0.15, 0.2) is 0 Å². The highest BCUT2D eigenvalue weighted by Gasteiger charge is 2.36. The van der Waals surface area contributed by atoms with Gasteiger partial charge in [0.2, 0.25) is 0 Å². The highest BCUT2D eigenvalue weighted by atomic mass is 35.6. The molecule has 1 fully saturated rings. The zero-order valence-corrected chi connectivity index (χ0v) is 13.2. The first-order valence-corrected chi connectivity index (χ1v) is 10.9. The maximum absolute atomic E-state index is 6.48. The Morgan fingerprint density at radius 1 is 0.882 bits per heavy atom. The third-order valence-corrected chi connectivity index (χ3v) is 8.09. The molecule has 0 atom stereocenters. The Bertz CT molecular complexity index is 181. The summed E-state index contributed by atoms with van der Waals surface area (Å²) in [6.07, 6.45) is 13.5. The Balaban J connectivity index is 1.81. The van der Waals surface area contributed by atoms with E-state index in [0.717, 1.165) is 6.61 Å². The van der Waals surface area contributed by atoms with E-state index in [0.29, 0.717) is 0 Å². The van der Waals surface area contributed by atoms with E-state index in [9.17, 15) is 0 Å². The maximum Gasteiger partial charge on any atom is 0.290 e. The molecule has 0 unspecified atom stereocenters. The van der Waals surface area contributed by atoms with Gasteiger partial charge in [0.25, 0.3) is 7.63 Å². The summed E-state index contributed by atoms with van der Waals surface area (Å²) in [7, 11) is -1.70. The van der Waals surface area contributed by atoms with Crippen molar-refractivity contribution in [1.82, 2.24) is 0 Å². The van der Waals surface area contributed by atoms with Gasteiger partial charge in [0.15, 0.2) is 0 Å². The van der Waals surface area contributed by atoms with Crippen LogP contribution < -0.4 is 0 Å². The zero-order valence-electron chi connectivity index (χ0n) is 11.5. The van der Waals surface area contributed by atoms with Crippen molar-refractivity contribution in [1.29, 1.82) is 0 Å². The minimum absolute atomic E-state index is 0.921. The SMILES string of the molecule is CCCCCCCCCCO[Si]1(Cl)CCCC1. The average Bonchev–Trinajstić information content (AvgIpc) is 2.74. The monoisotopic (exact) mass is 276 g/mol. The van der Waals surface area contributed by atoms with Crippen molar-refractivity contribution in [3.05, 3.63) is 0 Å². The molecular weight excluding hydrogens is 248 g/mol. The van der Waals surface area contributed by atoms with Crippen LogP contribution in [0.1, 0.15) is 71.1 Å². The second-order valence-electron chi connectivity index (χ2n) is 5.41. The largest absolute Gasteiger partial charge is 0.403 e. The minimum atomic E-state index is -1.70. The van der Waals surface area contributed by atoms with Gasteiger partial charge in [0.05, 0.1) is 0 Å². The van der Waals surface area contributed by atoms with E-state index in [4.69, 9.17) is 15.5 Å². The Labute approximate surface area is 113 Å². The second kappa shape index (κ2) is 9.40. The highest BCUT2D eigenvalue weighted by molar-refractivity contribution is 7.17. The molecule has 1 aliphatic heterocycles. The fourth-order valence-electron chi connectivity index (χ4n) is 2.54. The quantitative estimate of drug-likeness (QED) is 0.286. The lowest BCUT2D eigenvalue weighted by Gasteiger charge is -2.18. The van der Waals surface area contributed by atoms with Crippen molar-refractivity contribution in [2.24, 2.45) is 0 Å². The molecule has 0 spiro atoms. The summed E-state index contributed by atoms with van der Waals surface area (Å²) in [6, 6.07) is 2.37. The third-order valence-electron chi connectivity index (χ3n) is 3.71. The minimum Gasteiger partial charge on any atom is -0.403 e. The van der Waals surface area contributed by atoms with Crippen LogP contribution in [0.5, 0.6) is 0 Å². The van der Waals surface area contributed by atoms with Gasteiger partial charge in [-0.2, -0.15) is 0 Å². The second-order valence-corrected chi connectivity index (χ2v) is 10.5. The summed E-state index contributed by atoms with van der Waals surface area (Å²) in [5, 5.41) is 0. The van der Waals surface area contributed by atoms with Crippen LogP contribution in [0.2, 0.25) is 12.1 Å². The van der Waals surface area contributed by atoms with Crippen molar-refractivity contribution < 1.29 is 4.43 Å². The molecule has 0 radical (unpaired) electrons. The number of rotatable bonds is 10. The predicted octanol–water partition coefficient (Wildman–Crippen LogP) is 5.62. The molecule has 102 valence electrons. The maximum atomic E-state index is 6.48. The van der Waals surface area contributed by atoms with Crippen LogP contribution in [0, 0.1) is 0 Å². The molecule has 0 amide bonds. The topological polar surface area (TPSA) is 9.23 Å². The van der Waals surface area contributed by atoms with E-state index in [1.165, 1.54) is 76.3 Å². The molecule has 0 N–H and O–H groups in total. The molecule has 1 aliphatic rings. The Kier molecular flexibility index (Phi) is 8.59. The van der Waals surface area contributed by atoms with E-state index in [-0.39, 0.29) is 0 Å². The van der Waals surface area contributed by atoms with Gasteiger partial charge in [-0.3, -0.25) is 0 Å². The molecule has 1 saturated heterocycles. The molecule has 3 heteroatoms. The van der Waals surface area contributed by atoms with Crippen molar-refractivity contribution in [3.8, 4) is 0 Å². The molecule has 1 heterocycles. The molecule has 17 heavy (non-hydrogen) atoms. The first-order valence-electron chi connectivity index (χ1n) is 7.60. The normalized spacial score (nSPS) is 18.7.